The lowest BCUT2D eigenvalue weighted by molar-refractivity contribution is -0.908. The Morgan fingerprint density at radius 2 is 1.91 bits per heavy atom. The molecule has 22 heavy (non-hydrogen) atoms. The topological polar surface area (TPSA) is 71.9 Å². The van der Waals surface area contributed by atoms with Gasteiger partial charge in [-0.3, -0.25) is 9.59 Å². The second kappa shape index (κ2) is 8.51. The van der Waals surface area contributed by atoms with Gasteiger partial charge in [-0.2, -0.15) is 0 Å². The Morgan fingerprint density at radius 1 is 1.18 bits per heavy atom. The predicted octanol–water partition coefficient (Wildman–Crippen LogP) is -0.645. The molecule has 0 unspecified atom stereocenters. The molecule has 1 aromatic rings. The number of para-hydroxylation sites is 1. The van der Waals surface area contributed by atoms with Crippen molar-refractivity contribution in [2.45, 2.75) is 13.3 Å². The number of quaternary nitrogens is 1. The molecule has 0 atom stereocenters. The minimum atomic E-state index is -0.618. The highest BCUT2D eigenvalue weighted by Gasteiger charge is 2.15. The van der Waals surface area contributed by atoms with Gasteiger partial charge in [0, 0.05) is 18.7 Å². The van der Waals surface area contributed by atoms with Crippen LogP contribution in [0.1, 0.15) is 12.0 Å². The minimum absolute atomic E-state index is 0.518. The third kappa shape index (κ3) is 5.13. The summed E-state index contributed by atoms with van der Waals surface area (Å²) in [5, 5.41) is 5.29. The Bertz CT molecular complexity index is 513. The Labute approximate surface area is 130 Å². The molecule has 120 valence electrons. The van der Waals surface area contributed by atoms with Crippen LogP contribution >= 0.6 is 0 Å². The van der Waals surface area contributed by atoms with Crippen LogP contribution in [0.4, 0.5) is 5.69 Å². The van der Waals surface area contributed by atoms with Gasteiger partial charge in [-0.05, 0) is 18.6 Å². The standard InChI is InChI=1S/C16H23N3O3/c1-13-5-2-3-6-14(13)18-16(21)15(20)17-7-4-8-19-9-11-22-12-10-19/h2-3,5-6H,4,7-12H2,1H3,(H,17,20)(H,18,21)/p+1. The second-order valence-corrected chi connectivity index (χ2v) is 5.49. The number of amides is 2. The molecule has 0 spiro atoms. The van der Waals surface area contributed by atoms with E-state index in [2.05, 4.69) is 10.6 Å². The lowest BCUT2D eigenvalue weighted by atomic mass is 10.2. The van der Waals surface area contributed by atoms with Crippen LogP contribution in [-0.4, -0.2) is 51.2 Å². The van der Waals surface area contributed by atoms with Crippen LogP contribution in [0.15, 0.2) is 24.3 Å². The molecule has 2 rings (SSSR count). The number of carbonyl (C=O) groups is 2. The first kappa shape index (κ1) is 16.5. The fraction of sp³-hybridized carbons (Fsp3) is 0.500. The Kier molecular flexibility index (Phi) is 6.36. The van der Waals surface area contributed by atoms with Crippen molar-refractivity contribution in [3.8, 4) is 0 Å². The molecule has 0 aromatic heterocycles. The number of hydrogen-bond donors (Lipinski definition) is 3. The van der Waals surface area contributed by atoms with Crippen molar-refractivity contribution in [1.82, 2.24) is 5.32 Å². The summed E-state index contributed by atoms with van der Waals surface area (Å²) in [7, 11) is 0. The molecule has 6 heteroatoms. The first-order valence-corrected chi connectivity index (χ1v) is 7.73. The average molecular weight is 306 g/mol. The van der Waals surface area contributed by atoms with Crippen molar-refractivity contribution in [2.24, 2.45) is 0 Å². The lowest BCUT2D eigenvalue weighted by Gasteiger charge is -2.23. The SMILES string of the molecule is Cc1ccccc1NC(=O)C(=O)NCCC[NH+]1CCOCC1. The molecule has 6 nitrogen and oxygen atoms in total. The van der Waals surface area contributed by atoms with Crippen molar-refractivity contribution in [3.63, 3.8) is 0 Å². The van der Waals surface area contributed by atoms with Gasteiger partial charge in [-0.25, -0.2) is 0 Å². The summed E-state index contributed by atoms with van der Waals surface area (Å²) >= 11 is 0. The maximum atomic E-state index is 11.8. The zero-order chi connectivity index (χ0) is 15.8. The van der Waals surface area contributed by atoms with Crippen molar-refractivity contribution >= 4 is 17.5 Å². The Balaban J connectivity index is 1.66. The molecule has 1 fully saturated rings. The van der Waals surface area contributed by atoms with Gasteiger partial charge in [-0.1, -0.05) is 18.2 Å². The van der Waals surface area contributed by atoms with E-state index in [-0.39, 0.29) is 0 Å². The molecule has 1 saturated heterocycles. The van der Waals surface area contributed by atoms with E-state index in [4.69, 9.17) is 4.74 Å². The van der Waals surface area contributed by atoms with Gasteiger partial charge < -0.3 is 20.3 Å². The van der Waals surface area contributed by atoms with Crippen molar-refractivity contribution in [3.05, 3.63) is 29.8 Å². The minimum Gasteiger partial charge on any atom is -0.370 e. The van der Waals surface area contributed by atoms with E-state index in [1.807, 2.05) is 25.1 Å². The van der Waals surface area contributed by atoms with Gasteiger partial charge in [0.15, 0.2) is 0 Å². The van der Waals surface area contributed by atoms with Gasteiger partial charge in [0.05, 0.1) is 19.8 Å². The Morgan fingerprint density at radius 3 is 2.64 bits per heavy atom. The monoisotopic (exact) mass is 306 g/mol. The smallest absolute Gasteiger partial charge is 0.313 e. The fourth-order valence-corrected chi connectivity index (χ4v) is 2.42. The Hall–Kier alpha value is -1.92. The molecule has 0 radical (unpaired) electrons. The summed E-state index contributed by atoms with van der Waals surface area (Å²) in [5.41, 5.74) is 1.60. The van der Waals surface area contributed by atoms with E-state index in [1.54, 1.807) is 6.07 Å². The van der Waals surface area contributed by atoms with Crippen LogP contribution in [0.25, 0.3) is 0 Å². The van der Waals surface area contributed by atoms with Crippen LogP contribution in [0, 0.1) is 6.92 Å². The van der Waals surface area contributed by atoms with Crippen LogP contribution < -0.4 is 15.5 Å². The quantitative estimate of drug-likeness (QED) is 0.500. The van der Waals surface area contributed by atoms with Crippen molar-refractivity contribution < 1.29 is 19.2 Å². The first-order chi connectivity index (χ1) is 10.7. The van der Waals surface area contributed by atoms with Gasteiger partial charge >= 0.3 is 11.8 Å². The summed E-state index contributed by atoms with van der Waals surface area (Å²) in [5.74, 6) is -1.20. The van der Waals surface area contributed by atoms with E-state index < -0.39 is 11.8 Å². The van der Waals surface area contributed by atoms with E-state index in [0.717, 1.165) is 44.8 Å². The maximum Gasteiger partial charge on any atom is 0.313 e. The molecule has 0 saturated carbocycles. The molecule has 1 aliphatic heterocycles. The van der Waals surface area contributed by atoms with E-state index in [0.29, 0.717) is 12.2 Å². The van der Waals surface area contributed by atoms with E-state index in [9.17, 15) is 9.59 Å². The largest absolute Gasteiger partial charge is 0.370 e. The molecule has 0 bridgehead atoms. The molecule has 0 aliphatic carbocycles. The number of morpholine rings is 1. The van der Waals surface area contributed by atoms with E-state index in [1.165, 1.54) is 4.90 Å². The maximum absolute atomic E-state index is 11.8. The van der Waals surface area contributed by atoms with Gasteiger partial charge in [-0.15, -0.1) is 0 Å². The second-order valence-electron chi connectivity index (χ2n) is 5.49. The van der Waals surface area contributed by atoms with Gasteiger partial charge in [0.25, 0.3) is 0 Å². The number of hydrogen-bond acceptors (Lipinski definition) is 3. The van der Waals surface area contributed by atoms with Gasteiger partial charge in [0.2, 0.25) is 0 Å². The summed E-state index contributed by atoms with van der Waals surface area (Å²) in [6, 6.07) is 7.38. The van der Waals surface area contributed by atoms with Crippen LogP contribution in [0.5, 0.6) is 0 Å². The number of ether oxygens (including phenoxy) is 1. The summed E-state index contributed by atoms with van der Waals surface area (Å²) in [6.07, 6.45) is 0.860. The number of nitrogens with one attached hydrogen (secondary N) is 3. The highest BCUT2D eigenvalue weighted by atomic mass is 16.5. The number of anilines is 1. The molecule has 2 amide bonds. The number of carbonyl (C=O) groups excluding carboxylic acids is 2. The molecule has 3 N–H and O–H groups in total. The van der Waals surface area contributed by atoms with Crippen LogP contribution in [0.3, 0.4) is 0 Å². The predicted molar refractivity (Wildman–Crippen MR) is 83.8 cm³/mol. The number of rotatable bonds is 5. The zero-order valence-electron chi connectivity index (χ0n) is 13.0. The zero-order valence-corrected chi connectivity index (χ0v) is 13.0. The number of benzene rings is 1. The lowest BCUT2D eigenvalue weighted by Crippen LogP contribution is -3.14. The molecular formula is C16H24N3O3+. The summed E-state index contributed by atoms with van der Waals surface area (Å²) in [4.78, 5) is 25.1. The van der Waals surface area contributed by atoms with Crippen molar-refractivity contribution in [2.75, 3.05) is 44.7 Å². The normalized spacial score (nSPS) is 15.3. The summed E-state index contributed by atoms with van der Waals surface area (Å²) < 4.78 is 5.30. The van der Waals surface area contributed by atoms with Crippen LogP contribution in [0.2, 0.25) is 0 Å². The van der Waals surface area contributed by atoms with E-state index >= 15 is 0 Å². The van der Waals surface area contributed by atoms with Crippen LogP contribution in [-0.2, 0) is 14.3 Å². The van der Waals surface area contributed by atoms with Crippen molar-refractivity contribution in [1.29, 1.82) is 0 Å². The van der Waals surface area contributed by atoms with Gasteiger partial charge in [0.1, 0.15) is 13.1 Å². The first-order valence-electron chi connectivity index (χ1n) is 7.73. The third-order valence-electron chi connectivity index (χ3n) is 3.79. The fourth-order valence-electron chi connectivity index (χ4n) is 2.42. The number of aryl methyl sites for hydroxylation is 1. The third-order valence-corrected chi connectivity index (χ3v) is 3.79. The molecule has 1 heterocycles. The molecule has 1 aromatic carbocycles. The average Bonchev–Trinajstić information content (AvgIpc) is 2.54. The highest BCUT2D eigenvalue weighted by Crippen LogP contribution is 2.12. The summed E-state index contributed by atoms with van der Waals surface area (Å²) in [6.45, 7) is 7.04. The molecular weight excluding hydrogens is 282 g/mol. The molecule has 1 aliphatic rings. The highest BCUT2D eigenvalue weighted by molar-refractivity contribution is 6.39.